The van der Waals surface area contributed by atoms with Crippen LogP contribution in [-0.4, -0.2) is 54.8 Å². The topological polar surface area (TPSA) is 107 Å². The average Bonchev–Trinajstić information content (AvgIpc) is 3.47. The van der Waals surface area contributed by atoms with Crippen LogP contribution >= 0.6 is 15.9 Å². The van der Waals surface area contributed by atoms with Crippen molar-refractivity contribution < 1.29 is 55.7 Å². The van der Waals surface area contributed by atoms with Crippen LogP contribution in [0.4, 0.5) is 32.0 Å². The molecule has 2 aliphatic rings. The highest BCUT2D eigenvalue weighted by Gasteiger charge is 2.57. The Morgan fingerprint density at radius 3 is 1.94 bits per heavy atom. The zero-order chi connectivity index (χ0) is 45.4. The van der Waals surface area contributed by atoms with Crippen LogP contribution in [0.1, 0.15) is 70.1 Å². The Hall–Kier alpha value is -4.54. The van der Waals surface area contributed by atoms with Crippen molar-refractivity contribution in [1.82, 2.24) is 0 Å². The van der Waals surface area contributed by atoms with Crippen molar-refractivity contribution in [2.24, 2.45) is 17.8 Å². The second-order valence-corrected chi connectivity index (χ2v) is 22.0. The molecule has 4 atom stereocenters. The first-order valence-electron chi connectivity index (χ1n) is 20.2. The van der Waals surface area contributed by atoms with Crippen LogP contribution in [0.5, 0.6) is 5.75 Å². The van der Waals surface area contributed by atoms with E-state index in [9.17, 15) is 51.3 Å². The van der Waals surface area contributed by atoms with Gasteiger partial charge in [0.2, 0.25) is 11.8 Å². The molecule has 4 aromatic rings. The number of carbonyl (C=O) groups excluding carboxylic acids is 2. The molecule has 0 saturated carbocycles. The summed E-state index contributed by atoms with van der Waals surface area (Å²) >= 11 is 3.41. The number of aliphatic hydroxyl groups excluding tert-OH is 2. The van der Waals surface area contributed by atoms with Gasteiger partial charge in [-0.1, -0.05) is 116 Å². The zero-order valence-electron chi connectivity index (χ0n) is 34.5. The van der Waals surface area contributed by atoms with Gasteiger partial charge in [0, 0.05) is 16.0 Å². The molecule has 0 spiro atoms. The lowest BCUT2D eigenvalue weighted by Crippen LogP contribution is -2.66. The molecule has 4 aromatic carbocycles. The summed E-state index contributed by atoms with van der Waals surface area (Å²) < 4.78 is 91.9. The molecule has 3 N–H and O–H groups in total. The van der Waals surface area contributed by atoms with E-state index in [0.29, 0.717) is 41.0 Å². The van der Waals surface area contributed by atoms with Gasteiger partial charge in [0.15, 0.2) is 0 Å². The fourth-order valence-corrected chi connectivity index (χ4v) is 14.0. The van der Waals surface area contributed by atoms with Crippen LogP contribution in [-0.2, 0) is 26.4 Å². The van der Waals surface area contributed by atoms with E-state index in [1.807, 2.05) is 67.6 Å². The molecule has 330 valence electrons. The van der Waals surface area contributed by atoms with Crippen LogP contribution in [0.25, 0.3) is 6.08 Å². The molecule has 1 fully saturated rings. The largest absolute Gasteiger partial charge is 0.507 e. The Balaban J connectivity index is 1.47. The monoisotopic (exact) mass is 943 g/mol. The summed E-state index contributed by atoms with van der Waals surface area (Å²) in [6.45, 7) is 7.12. The van der Waals surface area contributed by atoms with Crippen LogP contribution in [0, 0.1) is 17.8 Å². The molecule has 15 heteroatoms. The second kappa shape index (κ2) is 18.3. The molecule has 7 nitrogen and oxygen atoms in total. The van der Waals surface area contributed by atoms with Crippen LogP contribution in [0.3, 0.4) is 0 Å². The van der Waals surface area contributed by atoms with Gasteiger partial charge in [0.1, 0.15) is 5.75 Å². The number of hydrogen-bond donors (Lipinski definition) is 3. The predicted molar refractivity (Wildman–Crippen MR) is 231 cm³/mol. The number of halogens is 7. The normalized spacial score (nSPS) is 19.6. The fourth-order valence-electron chi connectivity index (χ4n) is 9.06. The van der Waals surface area contributed by atoms with Crippen molar-refractivity contribution >= 4 is 58.2 Å². The Labute approximate surface area is 366 Å². The number of phenols is 1. The summed E-state index contributed by atoms with van der Waals surface area (Å²) in [6, 6.07) is 24.9. The van der Waals surface area contributed by atoms with E-state index in [2.05, 4.69) is 36.7 Å². The number of imide groups is 1. The highest BCUT2D eigenvalue weighted by molar-refractivity contribution is 9.10. The standard InChI is InChI=1S/C47H48BrF6NO6Si/c1-5-28(20-29-21-33(48)17-19-39(29)57)16-18-40(58)41-30(27-61-62(45(2,3)4,35-12-8-6-9-13-35)36-14-10-7-11-15-36)22-37-42(38(41)26-56)44(60)55(43(37)59)34-24-31(46(49,50)51)23-32(25-34)47(52,53)54/h6-15,17,19-21,23-25,37-38,40,42,56-58H,5,16,18,22,26-27H2,1-4H3/b28-20+/t37-,38+,40-,42-/m1/s1. The molecule has 0 unspecified atom stereocenters. The maximum Gasteiger partial charge on any atom is 0.416 e. The highest BCUT2D eigenvalue weighted by atomic mass is 79.9. The third-order valence-corrected chi connectivity index (χ3v) is 17.5. The van der Waals surface area contributed by atoms with E-state index in [-0.39, 0.29) is 36.8 Å². The van der Waals surface area contributed by atoms with Crippen molar-refractivity contribution in [1.29, 1.82) is 0 Å². The number of carbonyl (C=O) groups is 2. The second-order valence-electron chi connectivity index (χ2n) is 16.8. The van der Waals surface area contributed by atoms with E-state index in [1.54, 1.807) is 18.2 Å². The van der Waals surface area contributed by atoms with Crippen LogP contribution < -0.4 is 15.3 Å². The first kappa shape index (κ1) is 46.9. The third-order valence-electron chi connectivity index (χ3n) is 12.0. The van der Waals surface area contributed by atoms with Gasteiger partial charge in [-0.15, -0.1) is 0 Å². The van der Waals surface area contributed by atoms with Gasteiger partial charge >= 0.3 is 12.4 Å². The van der Waals surface area contributed by atoms with Gasteiger partial charge in [0.05, 0.1) is 48.0 Å². The number of rotatable bonds is 13. The van der Waals surface area contributed by atoms with E-state index in [4.69, 9.17) is 4.43 Å². The van der Waals surface area contributed by atoms with Gasteiger partial charge in [-0.05, 0) is 88.6 Å². The van der Waals surface area contributed by atoms with Crippen molar-refractivity contribution in [2.45, 2.75) is 76.9 Å². The number of allylic oxidation sites excluding steroid dienone is 1. The number of hydrogen-bond acceptors (Lipinski definition) is 6. The summed E-state index contributed by atoms with van der Waals surface area (Å²) in [5.41, 5.74) is -2.26. The summed E-state index contributed by atoms with van der Waals surface area (Å²) in [7, 11) is -3.29. The van der Waals surface area contributed by atoms with Crippen LogP contribution in [0.15, 0.2) is 118 Å². The molecule has 1 heterocycles. The first-order chi connectivity index (χ1) is 29.1. The lowest BCUT2D eigenvalue weighted by atomic mass is 9.68. The lowest BCUT2D eigenvalue weighted by molar-refractivity contribution is -0.143. The number of benzene rings is 4. The molecule has 0 radical (unpaired) electrons. The van der Waals surface area contributed by atoms with Crippen molar-refractivity contribution in [3.63, 3.8) is 0 Å². The summed E-state index contributed by atoms with van der Waals surface area (Å²) in [6.07, 6.45) is -9.34. The Morgan fingerprint density at radius 2 is 1.44 bits per heavy atom. The molecule has 2 amide bonds. The van der Waals surface area contributed by atoms with Gasteiger partial charge < -0.3 is 19.7 Å². The number of fused-ring (bicyclic) bond motifs is 1. The molecule has 62 heavy (non-hydrogen) atoms. The number of aliphatic hydroxyl groups is 2. The number of amides is 2. The predicted octanol–water partition coefficient (Wildman–Crippen LogP) is 9.82. The number of phenolic OH excluding ortho intramolecular Hbond substituents is 1. The average molecular weight is 945 g/mol. The van der Waals surface area contributed by atoms with Crippen molar-refractivity contribution in [3.05, 3.63) is 135 Å². The maximum absolute atomic E-state index is 14.4. The lowest BCUT2D eigenvalue weighted by Gasteiger charge is -2.44. The minimum atomic E-state index is -5.24. The Bertz CT molecular complexity index is 2270. The minimum absolute atomic E-state index is 0.0425. The Morgan fingerprint density at radius 1 is 0.871 bits per heavy atom. The van der Waals surface area contributed by atoms with Crippen LogP contribution in [0.2, 0.25) is 5.04 Å². The maximum atomic E-state index is 14.4. The van der Waals surface area contributed by atoms with E-state index < -0.39 is 84.8 Å². The van der Waals surface area contributed by atoms with Gasteiger partial charge in [0.25, 0.3) is 8.32 Å². The van der Waals surface area contributed by atoms with E-state index >= 15 is 0 Å². The highest BCUT2D eigenvalue weighted by Crippen LogP contribution is 2.49. The van der Waals surface area contributed by atoms with Gasteiger partial charge in [-0.3, -0.25) is 9.59 Å². The summed E-state index contributed by atoms with van der Waals surface area (Å²) in [4.78, 5) is 29.1. The molecular weight excluding hydrogens is 896 g/mol. The Kier molecular flexibility index (Phi) is 13.8. The van der Waals surface area contributed by atoms with E-state index in [1.165, 1.54) is 6.07 Å². The van der Waals surface area contributed by atoms with Gasteiger partial charge in [-0.25, -0.2) is 4.90 Å². The van der Waals surface area contributed by atoms with E-state index in [0.717, 1.165) is 20.4 Å². The molecular formula is C47H48BrF6NO6Si. The number of aromatic hydroxyl groups is 1. The number of anilines is 1. The van der Waals surface area contributed by atoms with Gasteiger partial charge in [-0.2, -0.15) is 26.3 Å². The smallest absolute Gasteiger partial charge is 0.416 e. The molecule has 1 saturated heterocycles. The third kappa shape index (κ3) is 9.37. The molecule has 1 aliphatic heterocycles. The SMILES string of the molecule is CC/C(=C\c1cc(Br)ccc1O)CC[C@@H](O)C1=C(CO[Si](c2ccccc2)(c2ccccc2)C(C)(C)C)C[C@H]2C(=O)N(c3cc(C(F)(F)F)cc(C(F)(F)F)c3)C(=O)[C@H]2[C@H]1CO. The molecule has 1 aliphatic carbocycles. The minimum Gasteiger partial charge on any atom is -0.507 e. The van der Waals surface area contributed by atoms with Crippen molar-refractivity contribution in [2.75, 3.05) is 18.1 Å². The number of alkyl halides is 6. The molecule has 0 bridgehead atoms. The quantitative estimate of drug-likeness (QED) is 0.0534. The summed E-state index contributed by atoms with van der Waals surface area (Å²) in [5.74, 6) is -6.03. The molecule has 0 aromatic heterocycles. The van der Waals surface area contributed by atoms with Crippen molar-refractivity contribution in [3.8, 4) is 5.75 Å². The number of nitrogens with zero attached hydrogens (tertiary/aromatic N) is 1. The zero-order valence-corrected chi connectivity index (χ0v) is 37.1. The summed E-state index contributed by atoms with van der Waals surface area (Å²) in [5, 5.41) is 35.2. The fraction of sp³-hybridized carbons (Fsp3) is 0.362. The first-order valence-corrected chi connectivity index (χ1v) is 22.9. The molecule has 6 rings (SSSR count).